The average Bonchev–Trinajstić information content (AvgIpc) is 2.75. The van der Waals surface area contributed by atoms with E-state index in [1.807, 2.05) is 0 Å². The Morgan fingerprint density at radius 3 is 2.52 bits per heavy atom. The molecule has 0 aromatic heterocycles. The quantitative estimate of drug-likeness (QED) is 0.877. The molecule has 1 atom stereocenters. The molecular weight excluding hydrogens is 326 g/mol. The lowest BCUT2D eigenvalue weighted by Gasteiger charge is -2.20. The van der Waals surface area contributed by atoms with E-state index in [9.17, 15) is 0 Å². The molecule has 0 spiro atoms. The van der Waals surface area contributed by atoms with Crippen LogP contribution in [0.25, 0.3) is 0 Å². The van der Waals surface area contributed by atoms with Crippen molar-refractivity contribution in [2.24, 2.45) is 16.7 Å². The maximum atomic E-state index is 5.89. The van der Waals surface area contributed by atoms with Crippen molar-refractivity contribution in [3.8, 4) is 5.75 Å². The van der Waals surface area contributed by atoms with Gasteiger partial charge in [-0.3, -0.25) is 0 Å². The highest BCUT2D eigenvalue weighted by atomic mass is 79.9. The van der Waals surface area contributed by atoms with Crippen molar-refractivity contribution in [2.75, 3.05) is 13.7 Å². The van der Waals surface area contributed by atoms with Gasteiger partial charge in [0.15, 0.2) is 0 Å². The van der Waals surface area contributed by atoms with Crippen LogP contribution in [0.4, 0.5) is 0 Å². The van der Waals surface area contributed by atoms with Crippen LogP contribution in [-0.2, 0) is 12.8 Å². The van der Waals surface area contributed by atoms with E-state index in [-0.39, 0.29) is 0 Å². The van der Waals surface area contributed by atoms with E-state index in [1.54, 1.807) is 0 Å². The Hall–Kier alpha value is -0.540. The maximum Gasteiger partial charge on any atom is 0.125 e. The first-order valence-corrected chi connectivity index (χ1v) is 8.69. The number of likely N-dealkylation sites (N-methyl/N-ethyl adjacent to an activating group) is 1. The van der Waals surface area contributed by atoms with Crippen molar-refractivity contribution in [1.29, 1.82) is 0 Å². The number of fused-ring (bicyclic) bond motifs is 1. The van der Waals surface area contributed by atoms with E-state index < -0.39 is 0 Å². The average molecular weight is 352 g/mol. The Morgan fingerprint density at radius 1 is 1.29 bits per heavy atom. The second-order valence-corrected chi connectivity index (χ2v) is 8.59. The summed E-state index contributed by atoms with van der Waals surface area (Å²) in [5, 5.41) is 3.56. The summed E-state index contributed by atoms with van der Waals surface area (Å²) in [5.74, 6) is 1.83. The van der Waals surface area contributed by atoms with Gasteiger partial charge in [-0.15, -0.1) is 0 Å². The van der Waals surface area contributed by atoms with Crippen LogP contribution in [0.5, 0.6) is 5.75 Å². The summed E-state index contributed by atoms with van der Waals surface area (Å²) in [6, 6.07) is 4.93. The number of nitrogens with one attached hydrogen (secondary N) is 1. The summed E-state index contributed by atoms with van der Waals surface area (Å²) >= 11 is 3.65. The Balaban J connectivity index is 1.87. The summed E-state index contributed by atoms with van der Waals surface area (Å²) in [5.41, 5.74) is 3.49. The van der Waals surface area contributed by atoms with Crippen molar-refractivity contribution in [3.63, 3.8) is 0 Å². The zero-order valence-electron chi connectivity index (χ0n) is 13.7. The lowest BCUT2D eigenvalue weighted by Crippen LogP contribution is -2.32. The Morgan fingerprint density at radius 2 is 1.95 bits per heavy atom. The molecular formula is C18H26BrNO. The number of hydrogen-bond acceptors (Lipinski definition) is 2. The molecule has 0 amide bonds. The van der Waals surface area contributed by atoms with E-state index in [1.165, 1.54) is 15.6 Å². The predicted octanol–water partition coefficient (Wildman–Crippen LogP) is 4.20. The van der Waals surface area contributed by atoms with Gasteiger partial charge in [0.05, 0.1) is 6.61 Å². The highest BCUT2D eigenvalue weighted by Crippen LogP contribution is 2.69. The molecule has 2 aliphatic rings. The van der Waals surface area contributed by atoms with Gasteiger partial charge in [-0.05, 0) is 53.5 Å². The van der Waals surface area contributed by atoms with Gasteiger partial charge in [0.1, 0.15) is 5.75 Å². The monoisotopic (exact) mass is 351 g/mol. The second kappa shape index (κ2) is 4.99. The number of benzene rings is 1. The number of halogens is 1. The van der Waals surface area contributed by atoms with Crippen molar-refractivity contribution in [3.05, 3.63) is 27.7 Å². The molecule has 2 nitrogen and oxygen atoms in total. The number of hydrogen-bond donors (Lipinski definition) is 1. The SMILES string of the molecule is CNC(Cc1cc(Br)cc2c1OCC2)C1C(C)(C)C1(C)C. The van der Waals surface area contributed by atoms with Gasteiger partial charge in [-0.1, -0.05) is 43.6 Å². The molecule has 3 heteroatoms. The van der Waals surface area contributed by atoms with Gasteiger partial charge in [0.2, 0.25) is 0 Å². The topological polar surface area (TPSA) is 21.3 Å². The first-order valence-electron chi connectivity index (χ1n) is 7.90. The molecule has 1 aromatic carbocycles. The molecule has 1 saturated carbocycles. The van der Waals surface area contributed by atoms with Crippen LogP contribution in [0.1, 0.15) is 38.8 Å². The summed E-state index contributed by atoms with van der Waals surface area (Å²) in [4.78, 5) is 0. The fraction of sp³-hybridized carbons (Fsp3) is 0.667. The predicted molar refractivity (Wildman–Crippen MR) is 90.9 cm³/mol. The molecule has 1 aromatic rings. The highest BCUT2D eigenvalue weighted by Gasteiger charge is 2.66. The standard InChI is InChI=1S/C18H26BrNO/c1-17(2)16(18(17,3)4)14(20-5)10-12-9-13(19)8-11-6-7-21-15(11)12/h8-9,14,16,20H,6-7,10H2,1-5H3. The largest absolute Gasteiger partial charge is 0.493 e. The van der Waals surface area contributed by atoms with Crippen LogP contribution in [-0.4, -0.2) is 19.7 Å². The van der Waals surface area contributed by atoms with Gasteiger partial charge in [-0.25, -0.2) is 0 Å². The molecule has 1 heterocycles. The Kier molecular flexibility index (Phi) is 3.65. The molecule has 1 N–H and O–H groups in total. The lowest BCUT2D eigenvalue weighted by atomic mass is 9.95. The van der Waals surface area contributed by atoms with E-state index in [4.69, 9.17) is 4.74 Å². The highest BCUT2D eigenvalue weighted by molar-refractivity contribution is 9.10. The molecule has 0 saturated heterocycles. The van der Waals surface area contributed by atoms with Crippen LogP contribution in [0, 0.1) is 16.7 Å². The van der Waals surface area contributed by atoms with Gasteiger partial charge in [0.25, 0.3) is 0 Å². The summed E-state index contributed by atoms with van der Waals surface area (Å²) in [6.45, 7) is 10.4. The Bertz CT molecular complexity index is 551. The van der Waals surface area contributed by atoms with Crippen LogP contribution >= 0.6 is 15.9 Å². The fourth-order valence-electron chi connectivity index (χ4n) is 4.37. The van der Waals surface area contributed by atoms with E-state index in [0.29, 0.717) is 22.8 Å². The zero-order chi connectivity index (χ0) is 15.4. The van der Waals surface area contributed by atoms with Crippen molar-refractivity contribution >= 4 is 15.9 Å². The van der Waals surface area contributed by atoms with Crippen LogP contribution < -0.4 is 10.1 Å². The molecule has 1 aliphatic carbocycles. The van der Waals surface area contributed by atoms with Crippen LogP contribution in [0.2, 0.25) is 0 Å². The molecule has 1 unspecified atom stereocenters. The van der Waals surface area contributed by atoms with Crippen molar-refractivity contribution in [1.82, 2.24) is 5.32 Å². The maximum absolute atomic E-state index is 5.89. The van der Waals surface area contributed by atoms with E-state index in [0.717, 1.165) is 25.2 Å². The third kappa shape index (κ3) is 2.33. The van der Waals surface area contributed by atoms with Gasteiger partial charge >= 0.3 is 0 Å². The second-order valence-electron chi connectivity index (χ2n) is 7.67. The van der Waals surface area contributed by atoms with Gasteiger partial charge in [0, 0.05) is 16.9 Å². The van der Waals surface area contributed by atoms with E-state index >= 15 is 0 Å². The number of ether oxygens (including phenoxy) is 1. The van der Waals surface area contributed by atoms with Crippen LogP contribution in [0.15, 0.2) is 16.6 Å². The first-order chi connectivity index (χ1) is 9.79. The normalized spacial score (nSPS) is 23.5. The van der Waals surface area contributed by atoms with Gasteiger partial charge < -0.3 is 10.1 Å². The molecule has 0 bridgehead atoms. The summed E-state index contributed by atoms with van der Waals surface area (Å²) in [7, 11) is 2.09. The molecule has 1 aliphatic heterocycles. The minimum atomic E-state index is 0.400. The minimum absolute atomic E-state index is 0.400. The smallest absolute Gasteiger partial charge is 0.125 e. The minimum Gasteiger partial charge on any atom is -0.493 e. The molecule has 0 radical (unpaired) electrons. The van der Waals surface area contributed by atoms with Crippen molar-refractivity contribution in [2.45, 2.75) is 46.6 Å². The molecule has 21 heavy (non-hydrogen) atoms. The van der Waals surface area contributed by atoms with Crippen LogP contribution in [0.3, 0.4) is 0 Å². The zero-order valence-corrected chi connectivity index (χ0v) is 15.3. The Labute approximate surface area is 136 Å². The summed E-state index contributed by atoms with van der Waals surface area (Å²) < 4.78 is 7.06. The third-order valence-electron chi connectivity index (χ3n) is 6.17. The van der Waals surface area contributed by atoms with Gasteiger partial charge in [-0.2, -0.15) is 0 Å². The lowest BCUT2D eigenvalue weighted by molar-refractivity contribution is 0.348. The fourth-order valence-corrected chi connectivity index (χ4v) is 4.93. The summed E-state index contributed by atoms with van der Waals surface area (Å²) in [6.07, 6.45) is 2.07. The molecule has 1 fully saturated rings. The molecule has 116 valence electrons. The molecule has 3 rings (SSSR count). The first kappa shape index (κ1) is 15.4. The number of rotatable bonds is 4. The van der Waals surface area contributed by atoms with E-state index in [2.05, 4.69) is 68.1 Å². The van der Waals surface area contributed by atoms with Crippen molar-refractivity contribution < 1.29 is 4.74 Å². The third-order valence-corrected chi connectivity index (χ3v) is 6.63.